The third-order valence-electron chi connectivity index (χ3n) is 4.82. The van der Waals surface area contributed by atoms with Gasteiger partial charge in [-0.3, -0.25) is 9.59 Å². The van der Waals surface area contributed by atoms with Crippen LogP contribution in [-0.4, -0.2) is 32.3 Å². The van der Waals surface area contributed by atoms with Crippen LogP contribution in [0.25, 0.3) is 11.0 Å². The fraction of sp³-hybridized carbons (Fsp3) is 0.333. The zero-order valence-corrected chi connectivity index (χ0v) is 17.2. The minimum Gasteiger partial charge on any atom is -0.369 e. The Kier molecular flexibility index (Phi) is 5.27. The number of carbonyl (C=O) groups excluding carboxylic acids is 2. The Morgan fingerprint density at radius 1 is 1.31 bits per heavy atom. The molecule has 29 heavy (non-hydrogen) atoms. The molecule has 150 valence electrons. The van der Waals surface area contributed by atoms with Crippen molar-refractivity contribution in [1.29, 1.82) is 0 Å². The van der Waals surface area contributed by atoms with E-state index in [4.69, 9.17) is 10.7 Å². The second kappa shape index (κ2) is 7.87. The van der Waals surface area contributed by atoms with Crippen molar-refractivity contribution in [2.45, 2.75) is 43.5 Å². The lowest BCUT2D eigenvalue weighted by molar-refractivity contribution is -0.115. The number of nitrogens with one attached hydrogen (secondary N) is 1. The number of hydrogen-bond acceptors (Lipinski definition) is 5. The Hall–Kier alpha value is -2.87. The summed E-state index contributed by atoms with van der Waals surface area (Å²) in [6, 6.07) is 9.42. The highest BCUT2D eigenvalue weighted by Gasteiger charge is 2.28. The van der Waals surface area contributed by atoms with E-state index in [-0.39, 0.29) is 17.7 Å². The summed E-state index contributed by atoms with van der Waals surface area (Å²) in [5.74, 6) is -0.0453. The number of nitrogens with two attached hydrogens (primary N) is 1. The number of aromatic nitrogens is 3. The molecule has 0 atom stereocenters. The predicted molar refractivity (Wildman–Crippen MR) is 114 cm³/mol. The zero-order valence-electron chi connectivity index (χ0n) is 16.4. The number of fused-ring (bicyclic) bond motifs is 1. The third kappa shape index (κ3) is 4.12. The van der Waals surface area contributed by atoms with Gasteiger partial charge in [0.05, 0.1) is 28.6 Å². The molecule has 2 heterocycles. The zero-order chi connectivity index (χ0) is 20.5. The number of hydrogen-bond donors (Lipinski definition) is 2. The number of carbonyl (C=O) groups is 2. The van der Waals surface area contributed by atoms with Crippen LogP contribution in [0.3, 0.4) is 0 Å². The maximum Gasteiger partial charge on any atom is 0.256 e. The van der Waals surface area contributed by atoms with Crippen LogP contribution in [0.1, 0.15) is 54.7 Å². The molecule has 2 aromatic heterocycles. The topological polar surface area (TPSA) is 103 Å². The van der Waals surface area contributed by atoms with Crippen LogP contribution >= 0.6 is 11.8 Å². The Balaban J connectivity index is 1.70. The van der Waals surface area contributed by atoms with Crippen LogP contribution in [0.5, 0.6) is 0 Å². The maximum absolute atomic E-state index is 13.2. The quantitative estimate of drug-likeness (QED) is 0.579. The van der Waals surface area contributed by atoms with Crippen molar-refractivity contribution in [3.8, 4) is 0 Å². The molecule has 0 radical (unpaired) electrons. The average Bonchev–Trinajstić information content (AvgIpc) is 3.45. The highest BCUT2D eigenvalue weighted by Crippen LogP contribution is 2.40. The van der Waals surface area contributed by atoms with E-state index in [0.29, 0.717) is 17.2 Å². The van der Waals surface area contributed by atoms with Crippen LogP contribution in [0.15, 0.2) is 41.4 Å². The largest absolute Gasteiger partial charge is 0.369 e. The number of rotatable bonds is 7. The van der Waals surface area contributed by atoms with Gasteiger partial charge in [-0.15, -0.1) is 11.8 Å². The van der Waals surface area contributed by atoms with Crippen LogP contribution in [0, 0.1) is 0 Å². The van der Waals surface area contributed by atoms with Gasteiger partial charge in [0.2, 0.25) is 5.91 Å². The second-order valence-electron chi connectivity index (χ2n) is 7.49. The van der Waals surface area contributed by atoms with Crippen molar-refractivity contribution in [1.82, 2.24) is 14.8 Å². The van der Waals surface area contributed by atoms with E-state index < -0.39 is 5.91 Å². The summed E-state index contributed by atoms with van der Waals surface area (Å²) >= 11 is 1.30. The molecule has 4 rings (SSSR count). The van der Waals surface area contributed by atoms with Gasteiger partial charge in [0.15, 0.2) is 5.65 Å². The molecule has 3 aromatic rings. The van der Waals surface area contributed by atoms with E-state index >= 15 is 0 Å². The standard InChI is InChI=1S/C21H23N5O2S/c1-12(2)26-20-15(10-23-26)14(9-17(24-20)13-7-8-13)21(28)25-16-5-3-4-6-18(16)29-11-19(22)27/h3-6,9-10,12-13H,7-8,11H2,1-2H3,(H2,22,27)(H,25,28). The predicted octanol–water partition coefficient (Wildman–Crippen LogP) is 3.72. The SMILES string of the molecule is CC(C)n1ncc2c(C(=O)Nc3ccccc3SCC(N)=O)cc(C3CC3)nc21. The van der Waals surface area contributed by atoms with Crippen LogP contribution in [-0.2, 0) is 4.79 Å². The molecule has 8 heteroatoms. The van der Waals surface area contributed by atoms with Gasteiger partial charge in [0.1, 0.15) is 0 Å². The first-order valence-electron chi connectivity index (χ1n) is 9.63. The minimum absolute atomic E-state index is 0.149. The molecule has 1 aromatic carbocycles. The maximum atomic E-state index is 13.2. The van der Waals surface area contributed by atoms with Crippen molar-refractivity contribution in [3.05, 3.63) is 47.8 Å². The van der Waals surface area contributed by atoms with Gasteiger partial charge < -0.3 is 11.1 Å². The first-order valence-corrected chi connectivity index (χ1v) is 10.6. The Morgan fingerprint density at radius 3 is 2.76 bits per heavy atom. The molecule has 0 saturated heterocycles. The van der Waals surface area contributed by atoms with Crippen molar-refractivity contribution in [2.75, 3.05) is 11.1 Å². The van der Waals surface area contributed by atoms with Gasteiger partial charge in [-0.1, -0.05) is 12.1 Å². The summed E-state index contributed by atoms with van der Waals surface area (Å²) < 4.78 is 1.86. The fourth-order valence-electron chi connectivity index (χ4n) is 3.23. The number of nitrogens with zero attached hydrogens (tertiary/aromatic N) is 3. The van der Waals surface area contributed by atoms with E-state index in [2.05, 4.69) is 10.4 Å². The van der Waals surface area contributed by atoms with Crippen LogP contribution in [0.4, 0.5) is 5.69 Å². The lowest BCUT2D eigenvalue weighted by Gasteiger charge is -2.12. The number of amides is 2. The summed E-state index contributed by atoms with van der Waals surface area (Å²) in [7, 11) is 0. The molecule has 1 aliphatic carbocycles. The molecule has 0 spiro atoms. The van der Waals surface area contributed by atoms with Crippen molar-refractivity contribution < 1.29 is 9.59 Å². The summed E-state index contributed by atoms with van der Waals surface area (Å²) in [4.78, 5) is 29.9. The summed E-state index contributed by atoms with van der Waals surface area (Å²) in [6.45, 7) is 4.09. The molecule has 1 fully saturated rings. The average molecular weight is 410 g/mol. The molecule has 0 aliphatic heterocycles. The molecule has 2 amide bonds. The number of para-hydroxylation sites is 1. The van der Waals surface area contributed by atoms with Crippen molar-refractivity contribution >= 4 is 40.3 Å². The van der Waals surface area contributed by atoms with Gasteiger partial charge in [0.25, 0.3) is 5.91 Å². The highest BCUT2D eigenvalue weighted by atomic mass is 32.2. The Morgan fingerprint density at radius 2 is 2.07 bits per heavy atom. The molecule has 0 bridgehead atoms. The first-order chi connectivity index (χ1) is 13.9. The molecule has 3 N–H and O–H groups in total. The van der Waals surface area contributed by atoms with Gasteiger partial charge in [-0.25, -0.2) is 9.67 Å². The highest BCUT2D eigenvalue weighted by molar-refractivity contribution is 8.00. The summed E-state index contributed by atoms with van der Waals surface area (Å²) in [5.41, 5.74) is 8.17. The monoisotopic (exact) mass is 409 g/mol. The van der Waals surface area contributed by atoms with Crippen LogP contribution < -0.4 is 11.1 Å². The molecule has 1 saturated carbocycles. The van der Waals surface area contributed by atoms with Crippen LogP contribution in [0.2, 0.25) is 0 Å². The summed E-state index contributed by atoms with van der Waals surface area (Å²) in [5, 5.41) is 8.18. The Bertz CT molecular complexity index is 1090. The number of primary amides is 1. The molecular formula is C21H23N5O2S. The molecule has 7 nitrogen and oxygen atoms in total. The lowest BCUT2D eigenvalue weighted by Crippen LogP contribution is -2.15. The van der Waals surface area contributed by atoms with E-state index in [0.717, 1.165) is 34.5 Å². The van der Waals surface area contributed by atoms with Crippen molar-refractivity contribution in [2.24, 2.45) is 5.73 Å². The van der Waals surface area contributed by atoms with Gasteiger partial charge in [-0.2, -0.15) is 5.10 Å². The second-order valence-corrected chi connectivity index (χ2v) is 8.51. The van der Waals surface area contributed by atoms with Gasteiger partial charge >= 0.3 is 0 Å². The van der Waals surface area contributed by atoms with E-state index in [1.807, 2.05) is 48.9 Å². The van der Waals surface area contributed by atoms with Gasteiger partial charge in [-0.05, 0) is 44.9 Å². The van der Waals surface area contributed by atoms with Gasteiger partial charge in [0, 0.05) is 22.5 Å². The van der Waals surface area contributed by atoms with E-state index in [1.54, 1.807) is 6.20 Å². The third-order valence-corrected chi connectivity index (χ3v) is 5.92. The number of pyridine rings is 1. The number of benzene rings is 1. The molecular weight excluding hydrogens is 386 g/mol. The molecule has 0 unspecified atom stereocenters. The number of thioether (sulfide) groups is 1. The smallest absolute Gasteiger partial charge is 0.256 e. The summed E-state index contributed by atoms with van der Waals surface area (Å²) in [6.07, 6.45) is 3.91. The fourth-order valence-corrected chi connectivity index (χ4v) is 3.97. The minimum atomic E-state index is -0.401. The Labute approximate surface area is 173 Å². The van der Waals surface area contributed by atoms with Crippen molar-refractivity contribution in [3.63, 3.8) is 0 Å². The normalized spacial score (nSPS) is 13.8. The first kappa shape index (κ1) is 19.4. The lowest BCUT2D eigenvalue weighted by atomic mass is 10.1. The molecule has 1 aliphatic rings. The van der Waals surface area contributed by atoms with E-state index in [9.17, 15) is 9.59 Å². The van der Waals surface area contributed by atoms with E-state index in [1.165, 1.54) is 11.8 Å². The number of anilines is 1.